The molecule has 3 atom stereocenters. The molecule has 0 fully saturated rings. The Hall–Kier alpha value is -8.82. The number of benzene rings is 9. The van der Waals surface area contributed by atoms with Gasteiger partial charge in [-0.3, -0.25) is 0 Å². The molecule has 0 N–H and O–H groups in total. The summed E-state index contributed by atoms with van der Waals surface area (Å²) in [6, 6.07) is 61.5. The summed E-state index contributed by atoms with van der Waals surface area (Å²) in [5, 5.41) is 6.88. The summed E-state index contributed by atoms with van der Waals surface area (Å²) in [5.74, 6) is 0. The van der Waals surface area contributed by atoms with Crippen LogP contribution in [0.2, 0.25) is 0 Å². The molecular formula is C70H68N6O3. The molecule has 3 aliphatic heterocycles. The number of rotatable bonds is 5. The number of para-hydroxylation sites is 9. The third-order valence-corrected chi connectivity index (χ3v) is 16.6. The zero-order chi connectivity index (χ0) is 56.4. The number of hydrogen-bond acceptors (Lipinski definition) is 9. The highest BCUT2D eigenvalue weighted by atomic mass is 16.3. The molecule has 9 aromatic carbocycles. The van der Waals surface area contributed by atoms with E-state index in [0.29, 0.717) is 0 Å². The van der Waals surface area contributed by atoms with Gasteiger partial charge in [-0.2, -0.15) is 0 Å². The minimum atomic E-state index is -0.736. The molecule has 3 aliphatic rings. The lowest BCUT2D eigenvalue weighted by molar-refractivity contribution is 0.603. The van der Waals surface area contributed by atoms with Crippen LogP contribution in [0.25, 0.3) is 65.8 Å². The number of aryl methyl sites for hydroxylation is 3. The third kappa shape index (κ3) is 7.79. The number of fused-ring (bicyclic) bond motifs is 12. The molecule has 0 spiro atoms. The average molecular weight is 1040 g/mol. The SMILES string of the molecule is Cc1ccc2c(oc3ccccc32)c1N1c2ccccc2N(C)C1C.[2H]C(C)(C)N1c2ccccc2N(c2c(C)ccc3c2oc2ccccc23)C1C.[2H]C(C)(C)N1c2ccccc2N(c2c(C)ccc3c2oc2ccccc23)C1C. The average Bonchev–Trinajstić information content (AvgIpc) is 4.38. The largest absolute Gasteiger partial charge is 0.454 e. The summed E-state index contributed by atoms with van der Waals surface area (Å²) >= 11 is 0. The molecule has 0 radical (unpaired) electrons. The normalized spacial score (nSPS) is 17.4. The van der Waals surface area contributed by atoms with Gasteiger partial charge in [0.15, 0.2) is 16.7 Å². The van der Waals surface area contributed by atoms with Crippen LogP contribution in [0.5, 0.6) is 0 Å². The zero-order valence-corrected chi connectivity index (χ0v) is 47.0. The van der Waals surface area contributed by atoms with Crippen LogP contribution in [0.3, 0.4) is 0 Å². The Morgan fingerprint density at radius 1 is 0.342 bits per heavy atom. The molecule has 3 aromatic heterocycles. The summed E-state index contributed by atoms with van der Waals surface area (Å²) in [5.41, 5.74) is 19.3. The summed E-state index contributed by atoms with van der Waals surface area (Å²) in [6.45, 7) is 20.8. The Bertz CT molecular complexity index is 4220. The Morgan fingerprint density at radius 2 is 0.620 bits per heavy atom. The predicted octanol–water partition coefficient (Wildman–Crippen LogP) is 19.0. The van der Waals surface area contributed by atoms with E-state index < -0.39 is 12.0 Å². The van der Waals surface area contributed by atoms with E-state index in [1.54, 1.807) is 0 Å². The molecule has 79 heavy (non-hydrogen) atoms. The molecule has 9 nitrogen and oxygen atoms in total. The summed E-state index contributed by atoms with van der Waals surface area (Å²) in [7, 11) is 2.15. The van der Waals surface area contributed by atoms with Crippen LogP contribution in [0.15, 0.2) is 195 Å². The van der Waals surface area contributed by atoms with Crippen molar-refractivity contribution in [3.63, 3.8) is 0 Å². The predicted molar refractivity (Wildman–Crippen MR) is 333 cm³/mol. The van der Waals surface area contributed by atoms with Gasteiger partial charge in [0.25, 0.3) is 0 Å². The van der Waals surface area contributed by atoms with Crippen molar-refractivity contribution in [2.45, 2.75) is 99.8 Å². The quantitative estimate of drug-likeness (QED) is 0.168. The van der Waals surface area contributed by atoms with Gasteiger partial charge in [0, 0.05) is 51.4 Å². The maximum Gasteiger partial charge on any atom is 0.159 e. The second-order valence-corrected chi connectivity index (χ2v) is 21.8. The Morgan fingerprint density at radius 3 is 0.962 bits per heavy atom. The van der Waals surface area contributed by atoms with Crippen LogP contribution < -0.4 is 29.4 Å². The van der Waals surface area contributed by atoms with Crippen molar-refractivity contribution in [2.75, 3.05) is 36.4 Å². The first-order chi connectivity index (χ1) is 38.9. The summed E-state index contributed by atoms with van der Waals surface area (Å²) in [6.07, 6.45) is 0.236. The van der Waals surface area contributed by atoms with E-state index in [-0.39, 0.29) is 18.5 Å². The smallest absolute Gasteiger partial charge is 0.159 e. The third-order valence-electron chi connectivity index (χ3n) is 16.6. The van der Waals surface area contributed by atoms with Crippen molar-refractivity contribution in [1.82, 2.24) is 0 Å². The Labute approximate surface area is 465 Å². The molecule has 9 heteroatoms. The van der Waals surface area contributed by atoms with Gasteiger partial charge in [-0.15, -0.1) is 0 Å². The standard InChI is InChI=1S/2C24H24N2O.C22H20N2O/c2*1-15(2)25-17(4)26(21-11-7-6-10-20(21)25)23-16(3)13-14-19-18-9-5-8-12-22(18)27-24(19)23;1-14-12-13-17-16-8-4-7-11-20(16)25-22(17)21(14)24-15(2)23(3)18-9-5-6-10-19(18)24/h2*5-15,17H,1-4H3;4-13,15H,1-3H3/i2*15D;. The first kappa shape index (κ1) is 47.4. The lowest BCUT2D eigenvalue weighted by Crippen LogP contribution is -2.42. The van der Waals surface area contributed by atoms with Gasteiger partial charge in [-0.05, 0) is 141 Å². The van der Waals surface area contributed by atoms with Crippen molar-refractivity contribution in [3.05, 3.63) is 199 Å². The lowest BCUT2D eigenvalue weighted by atomic mass is 10.1. The zero-order valence-electron chi connectivity index (χ0n) is 49.0. The molecule has 6 heterocycles. The van der Waals surface area contributed by atoms with E-state index in [1.165, 1.54) is 27.7 Å². The molecular weight excluding hydrogens is 973 g/mol. The summed E-state index contributed by atoms with van der Waals surface area (Å²) in [4.78, 5) is 13.7. The minimum Gasteiger partial charge on any atom is -0.454 e. The van der Waals surface area contributed by atoms with Gasteiger partial charge in [0.1, 0.15) is 35.2 Å². The van der Waals surface area contributed by atoms with E-state index in [0.717, 1.165) is 106 Å². The minimum absolute atomic E-state index is 0.00223. The van der Waals surface area contributed by atoms with Gasteiger partial charge in [-0.1, -0.05) is 127 Å². The fraction of sp³-hybridized carbons (Fsp3) is 0.229. The van der Waals surface area contributed by atoms with Crippen LogP contribution in [0.4, 0.5) is 51.2 Å². The van der Waals surface area contributed by atoms with Gasteiger partial charge < -0.3 is 42.7 Å². The van der Waals surface area contributed by atoms with Crippen LogP contribution in [-0.4, -0.2) is 37.6 Å². The van der Waals surface area contributed by atoms with Crippen molar-refractivity contribution < 1.29 is 16.0 Å². The van der Waals surface area contributed by atoms with E-state index in [4.69, 9.17) is 16.0 Å². The molecule has 15 rings (SSSR count). The second-order valence-electron chi connectivity index (χ2n) is 21.8. The first-order valence-corrected chi connectivity index (χ1v) is 27.6. The maximum atomic E-state index is 8.72. The van der Waals surface area contributed by atoms with Gasteiger partial charge >= 0.3 is 0 Å². The number of hydrogen-bond donors (Lipinski definition) is 0. The summed E-state index contributed by atoms with van der Waals surface area (Å²) < 4.78 is 36.5. The molecule has 12 aromatic rings. The molecule has 0 saturated carbocycles. The highest BCUT2D eigenvalue weighted by Crippen LogP contribution is 2.52. The van der Waals surface area contributed by atoms with Crippen molar-refractivity contribution in [1.29, 1.82) is 0 Å². The Balaban J connectivity index is 0.000000115. The molecule has 3 unspecified atom stereocenters. The molecule has 0 aliphatic carbocycles. The lowest BCUT2D eigenvalue weighted by Gasteiger charge is -2.33. The van der Waals surface area contributed by atoms with Crippen LogP contribution >= 0.6 is 0 Å². The van der Waals surface area contributed by atoms with Crippen LogP contribution in [0, 0.1) is 20.8 Å². The number of furan rings is 3. The van der Waals surface area contributed by atoms with Gasteiger partial charge in [-0.25, -0.2) is 0 Å². The van der Waals surface area contributed by atoms with Crippen LogP contribution in [-0.2, 0) is 0 Å². The van der Waals surface area contributed by atoms with E-state index >= 15 is 0 Å². The molecule has 396 valence electrons. The topological polar surface area (TPSA) is 58.9 Å². The monoisotopic (exact) mass is 1040 g/mol. The number of anilines is 9. The first-order valence-electron chi connectivity index (χ1n) is 28.6. The maximum absolute atomic E-state index is 8.72. The van der Waals surface area contributed by atoms with E-state index in [2.05, 4.69) is 211 Å². The van der Waals surface area contributed by atoms with E-state index in [9.17, 15) is 0 Å². The molecule has 0 bridgehead atoms. The molecule has 0 amide bonds. The highest BCUT2D eigenvalue weighted by Gasteiger charge is 2.39. The number of nitrogens with zero attached hydrogens (tertiary/aromatic N) is 6. The second kappa shape index (κ2) is 19.3. The van der Waals surface area contributed by atoms with Crippen molar-refractivity contribution in [2.24, 2.45) is 0 Å². The Kier molecular flexibility index (Phi) is 11.6. The fourth-order valence-corrected chi connectivity index (χ4v) is 13.0. The van der Waals surface area contributed by atoms with Gasteiger partial charge in [0.05, 0.1) is 53.9 Å². The van der Waals surface area contributed by atoms with Crippen molar-refractivity contribution in [3.8, 4) is 0 Å². The fourth-order valence-electron chi connectivity index (χ4n) is 13.0. The van der Waals surface area contributed by atoms with Crippen LogP contribution in [0.1, 0.15) is 67.9 Å². The highest BCUT2D eigenvalue weighted by molar-refractivity contribution is 6.13. The van der Waals surface area contributed by atoms with Gasteiger partial charge in [0.2, 0.25) is 0 Å². The van der Waals surface area contributed by atoms with E-state index in [1.807, 2.05) is 76.2 Å². The van der Waals surface area contributed by atoms with Crippen molar-refractivity contribution >= 4 is 117 Å². The molecule has 0 saturated heterocycles.